The van der Waals surface area contributed by atoms with Crippen molar-refractivity contribution in [1.82, 2.24) is 10.2 Å². The van der Waals surface area contributed by atoms with E-state index in [9.17, 15) is 19.5 Å². The number of anilines is 1. The van der Waals surface area contributed by atoms with E-state index < -0.39 is 35.6 Å². The number of benzene rings is 3. The van der Waals surface area contributed by atoms with Crippen LogP contribution in [0, 0.1) is 11.8 Å². The molecule has 3 aromatic carbocycles. The molecule has 39 heavy (non-hydrogen) atoms. The molecule has 1 spiro atoms. The van der Waals surface area contributed by atoms with E-state index in [2.05, 4.69) is 10.6 Å². The van der Waals surface area contributed by atoms with E-state index in [-0.39, 0.29) is 24.3 Å². The quantitative estimate of drug-likeness (QED) is 0.417. The van der Waals surface area contributed by atoms with Crippen LogP contribution in [0.4, 0.5) is 5.69 Å². The Bertz CT molecular complexity index is 1410. The molecule has 202 valence electrons. The minimum absolute atomic E-state index is 0.239. The summed E-state index contributed by atoms with van der Waals surface area (Å²) in [5.74, 6) is -2.36. The lowest BCUT2D eigenvalue weighted by Gasteiger charge is -2.36. The molecule has 3 fully saturated rings. The van der Waals surface area contributed by atoms with Gasteiger partial charge < -0.3 is 25.4 Å². The third kappa shape index (κ3) is 4.19. The minimum atomic E-state index is -1.11. The molecule has 3 aliphatic rings. The molecule has 3 aliphatic heterocycles. The van der Waals surface area contributed by atoms with Crippen molar-refractivity contribution in [3.05, 3.63) is 78.4 Å². The SMILES string of the molecule is CC[C@@H](CO)N1C(=O)[C@@H]2[C@H](C(=O)NCc3ccccc3)[C@@H]3CCC2(O3)C1C(=O)Nc1ccc2ccccc2c1. The van der Waals surface area contributed by atoms with Gasteiger partial charge in [0.15, 0.2) is 0 Å². The fourth-order valence-electron chi connectivity index (χ4n) is 6.88. The highest BCUT2D eigenvalue weighted by molar-refractivity contribution is 6.04. The van der Waals surface area contributed by atoms with Crippen LogP contribution >= 0.6 is 0 Å². The van der Waals surface area contributed by atoms with Crippen molar-refractivity contribution in [1.29, 1.82) is 0 Å². The van der Waals surface area contributed by atoms with E-state index in [4.69, 9.17) is 4.74 Å². The standard InChI is InChI=1S/C31H33N3O5/c1-2-23(18-35)34-27(29(37)33-22-13-12-20-10-6-7-11-21(20)16-22)31-15-14-24(39-31)25(26(31)30(34)38)28(36)32-17-19-8-4-3-5-9-19/h3-13,16,23-27,35H,2,14-15,17-18H2,1H3,(H,32,36)(H,33,37)/t23-,24-,25+,26-,27?,31?/m0/s1. The number of fused-ring (bicyclic) bond motifs is 2. The van der Waals surface area contributed by atoms with Crippen molar-refractivity contribution in [3.63, 3.8) is 0 Å². The Balaban J connectivity index is 1.31. The van der Waals surface area contributed by atoms with E-state index in [0.29, 0.717) is 31.5 Å². The summed E-state index contributed by atoms with van der Waals surface area (Å²) in [6.07, 6.45) is 1.14. The molecule has 0 saturated carbocycles. The Labute approximate surface area is 227 Å². The molecule has 0 aromatic heterocycles. The van der Waals surface area contributed by atoms with Gasteiger partial charge in [0.25, 0.3) is 0 Å². The number of likely N-dealkylation sites (tertiary alicyclic amines) is 1. The van der Waals surface area contributed by atoms with Gasteiger partial charge in [-0.15, -0.1) is 0 Å². The van der Waals surface area contributed by atoms with E-state index in [1.54, 1.807) is 0 Å². The molecule has 0 aliphatic carbocycles. The molecule has 8 nitrogen and oxygen atoms in total. The maximum Gasteiger partial charge on any atom is 0.250 e. The maximum atomic E-state index is 14.0. The van der Waals surface area contributed by atoms with Crippen LogP contribution in [0.15, 0.2) is 72.8 Å². The fourth-order valence-corrected chi connectivity index (χ4v) is 6.88. The van der Waals surface area contributed by atoms with Gasteiger partial charge in [-0.1, -0.05) is 67.6 Å². The van der Waals surface area contributed by atoms with Crippen molar-refractivity contribution in [2.75, 3.05) is 11.9 Å². The monoisotopic (exact) mass is 527 g/mol. The fraction of sp³-hybridized carbons (Fsp3) is 0.387. The Morgan fingerprint density at radius 3 is 2.54 bits per heavy atom. The first-order valence-corrected chi connectivity index (χ1v) is 13.7. The van der Waals surface area contributed by atoms with Gasteiger partial charge in [0, 0.05) is 12.2 Å². The number of carbonyl (C=O) groups excluding carboxylic acids is 3. The number of amides is 3. The molecule has 6 rings (SSSR count). The van der Waals surface area contributed by atoms with Gasteiger partial charge >= 0.3 is 0 Å². The number of nitrogens with one attached hydrogen (secondary N) is 2. The van der Waals surface area contributed by atoms with Crippen molar-refractivity contribution >= 4 is 34.2 Å². The zero-order valence-corrected chi connectivity index (χ0v) is 21.9. The topological polar surface area (TPSA) is 108 Å². The molecule has 3 N–H and O–H groups in total. The number of aliphatic hydroxyl groups is 1. The first-order valence-electron chi connectivity index (χ1n) is 13.7. The van der Waals surface area contributed by atoms with Crippen LogP contribution in [0.5, 0.6) is 0 Å². The van der Waals surface area contributed by atoms with Crippen LogP contribution in [0.1, 0.15) is 31.7 Å². The lowest BCUT2D eigenvalue weighted by atomic mass is 9.70. The number of hydrogen-bond acceptors (Lipinski definition) is 5. The molecule has 3 saturated heterocycles. The first kappa shape index (κ1) is 25.5. The average Bonchev–Trinajstić information content (AvgIpc) is 3.60. The van der Waals surface area contributed by atoms with Gasteiger partial charge in [0.05, 0.1) is 30.6 Å². The van der Waals surface area contributed by atoms with Gasteiger partial charge in [-0.2, -0.15) is 0 Å². The van der Waals surface area contributed by atoms with Gasteiger partial charge in [-0.05, 0) is 47.7 Å². The maximum absolute atomic E-state index is 14.0. The summed E-state index contributed by atoms with van der Waals surface area (Å²) >= 11 is 0. The Hall–Kier alpha value is -3.75. The number of aliphatic hydroxyl groups excluding tert-OH is 1. The van der Waals surface area contributed by atoms with E-state index in [1.165, 1.54) is 4.90 Å². The number of hydrogen-bond donors (Lipinski definition) is 3. The van der Waals surface area contributed by atoms with Crippen LogP contribution in [-0.4, -0.2) is 58.1 Å². The molecule has 2 bridgehead atoms. The lowest BCUT2D eigenvalue weighted by Crippen LogP contribution is -2.56. The predicted molar refractivity (Wildman–Crippen MR) is 146 cm³/mol. The third-order valence-corrected chi connectivity index (χ3v) is 8.69. The molecule has 6 atom stereocenters. The van der Waals surface area contributed by atoms with Gasteiger partial charge in [-0.25, -0.2) is 0 Å². The molecular weight excluding hydrogens is 494 g/mol. The molecule has 3 amide bonds. The zero-order chi connectivity index (χ0) is 27.1. The van der Waals surface area contributed by atoms with Crippen LogP contribution in [0.3, 0.4) is 0 Å². The average molecular weight is 528 g/mol. The highest BCUT2D eigenvalue weighted by Gasteiger charge is 2.75. The summed E-state index contributed by atoms with van der Waals surface area (Å²) in [5, 5.41) is 18.2. The highest BCUT2D eigenvalue weighted by atomic mass is 16.5. The minimum Gasteiger partial charge on any atom is -0.394 e. The van der Waals surface area contributed by atoms with Gasteiger partial charge in [0.2, 0.25) is 17.7 Å². The zero-order valence-electron chi connectivity index (χ0n) is 21.9. The Morgan fingerprint density at radius 1 is 1.05 bits per heavy atom. The number of rotatable bonds is 8. The second-order valence-electron chi connectivity index (χ2n) is 10.8. The third-order valence-electron chi connectivity index (χ3n) is 8.69. The molecule has 0 radical (unpaired) electrons. The van der Waals surface area contributed by atoms with Crippen LogP contribution in [0.25, 0.3) is 10.8 Å². The van der Waals surface area contributed by atoms with Crippen LogP contribution < -0.4 is 10.6 Å². The van der Waals surface area contributed by atoms with Crippen molar-refractivity contribution in [3.8, 4) is 0 Å². The normalized spacial score (nSPS) is 27.9. The summed E-state index contributed by atoms with van der Waals surface area (Å²) < 4.78 is 6.49. The lowest BCUT2D eigenvalue weighted by molar-refractivity contribution is -0.144. The second kappa shape index (κ2) is 10.1. The van der Waals surface area contributed by atoms with Crippen molar-refractivity contribution < 1.29 is 24.2 Å². The predicted octanol–water partition coefficient (Wildman–Crippen LogP) is 3.24. The molecular formula is C31H33N3O5. The summed E-state index contributed by atoms with van der Waals surface area (Å²) in [6.45, 7) is 1.94. The van der Waals surface area contributed by atoms with E-state index >= 15 is 0 Å². The first-order chi connectivity index (χ1) is 19.0. The number of carbonyl (C=O) groups is 3. The van der Waals surface area contributed by atoms with E-state index in [1.807, 2.05) is 79.7 Å². The molecule has 8 heteroatoms. The van der Waals surface area contributed by atoms with Crippen molar-refractivity contribution in [2.45, 2.75) is 56.5 Å². The summed E-state index contributed by atoms with van der Waals surface area (Å²) in [6, 6.07) is 21.7. The second-order valence-corrected chi connectivity index (χ2v) is 10.8. The van der Waals surface area contributed by atoms with Gasteiger partial charge in [0.1, 0.15) is 11.6 Å². The summed E-state index contributed by atoms with van der Waals surface area (Å²) in [5.41, 5.74) is 0.468. The Kier molecular flexibility index (Phi) is 6.61. The largest absolute Gasteiger partial charge is 0.394 e. The Morgan fingerprint density at radius 2 is 1.79 bits per heavy atom. The number of ether oxygens (including phenoxy) is 1. The smallest absolute Gasteiger partial charge is 0.250 e. The molecule has 3 aromatic rings. The van der Waals surface area contributed by atoms with Crippen LogP contribution in [0.2, 0.25) is 0 Å². The molecule has 3 heterocycles. The number of nitrogens with zero attached hydrogens (tertiary/aromatic N) is 1. The summed E-state index contributed by atoms with van der Waals surface area (Å²) in [4.78, 5) is 43.0. The highest BCUT2D eigenvalue weighted by Crippen LogP contribution is 2.59. The van der Waals surface area contributed by atoms with Crippen LogP contribution in [-0.2, 0) is 25.7 Å². The molecule has 2 unspecified atom stereocenters. The van der Waals surface area contributed by atoms with Crippen molar-refractivity contribution in [2.24, 2.45) is 11.8 Å². The summed E-state index contributed by atoms with van der Waals surface area (Å²) in [7, 11) is 0. The van der Waals surface area contributed by atoms with E-state index in [0.717, 1.165) is 16.3 Å². The van der Waals surface area contributed by atoms with Gasteiger partial charge in [-0.3, -0.25) is 14.4 Å².